The second-order valence-electron chi connectivity index (χ2n) is 6.06. The molecule has 0 bridgehead atoms. The van der Waals surface area contributed by atoms with Gasteiger partial charge in [0.05, 0.1) is 12.2 Å². The van der Waals surface area contributed by atoms with E-state index in [0.717, 1.165) is 30.9 Å². The first-order valence-corrected chi connectivity index (χ1v) is 8.64. The Morgan fingerprint density at radius 1 is 1.00 bits per heavy atom. The molecule has 0 spiro atoms. The minimum Gasteiger partial charge on any atom is -0.478 e. The fourth-order valence-electron chi connectivity index (χ4n) is 2.49. The molecule has 0 aromatic heterocycles. The molecule has 0 fully saturated rings. The number of carbonyl (C=O) groups is 1. The van der Waals surface area contributed by atoms with E-state index in [1.165, 1.54) is 42.5 Å². The number of carboxylic acid groups (broad SMARTS) is 1. The van der Waals surface area contributed by atoms with E-state index in [1.54, 1.807) is 12.1 Å². The van der Waals surface area contributed by atoms with Crippen molar-refractivity contribution in [2.45, 2.75) is 31.8 Å². The van der Waals surface area contributed by atoms with Gasteiger partial charge in [-0.2, -0.15) is 8.78 Å². The number of aryl methyl sites for hydroxylation is 1. The first-order chi connectivity index (χ1) is 12.9. The van der Waals surface area contributed by atoms with Gasteiger partial charge in [-0.25, -0.2) is 4.79 Å². The van der Waals surface area contributed by atoms with Crippen molar-refractivity contribution in [2.24, 2.45) is 0 Å². The molecule has 0 heterocycles. The lowest BCUT2D eigenvalue weighted by molar-refractivity contribution is -0.185. The van der Waals surface area contributed by atoms with Gasteiger partial charge in [0.1, 0.15) is 5.75 Å². The van der Waals surface area contributed by atoms with Crippen molar-refractivity contribution in [1.29, 1.82) is 0 Å². The number of unbranched alkanes of at least 4 members (excludes halogenated alkanes) is 2. The molecular weight excluding hydrogens is 357 g/mol. The van der Waals surface area contributed by atoms with Gasteiger partial charge in [-0.1, -0.05) is 30.7 Å². The molecule has 0 saturated carbocycles. The molecule has 0 amide bonds. The lowest BCUT2D eigenvalue weighted by Gasteiger charge is -2.18. The van der Waals surface area contributed by atoms with Crippen LogP contribution in [0.15, 0.2) is 54.6 Å². The average molecular weight is 378 g/mol. The summed E-state index contributed by atoms with van der Waals surface area (Å²) in [7, 11) is 0. The summed E-state index contributed by atoms with van der Waals surface area (Å²) in [6.45, 7) is -0.334. The summed E-state index contributed by atoms with van der Waals surface area (Å²) in [5.74, 6) is -1.12. The number of hydrogen-bond donors (Lipinski definition) is 1. The van der Waals surface area contributed by atoms with Gasteiger partial charge < -0.3 is 9.84 Å². The molecule has 27 heavy (non-hydrogen) atoms. The normalized spacial score (nSPS) is 11.7. The molecule has 2 aromatic rings. The van der Waals surface area contributed by atoms with Crippen LogP contribution in [-0.2, 0) is 17.3 Å². The third kappa shape index (κ3) is 6.81. The highest BCUT2D eigenvalue weighted by Crippen LogP contribution is 2.32. The average Bonchev–Trinajstić information content (AvgIpc) is 2.65. The van der Waals surface area contributed by atoms with Crippen molar-refractivity contribution < 1.29 is 27.8 Å². The summed E-state index contributed by atoms with van der Waals surface area (Å²) < 4.78 is 45.5. The van der Waals surface area contributed by atoms with E-state index < -0.39 is 12.1 Å². The van der Waals surface area contributed by atoms with E-state index in [0.29, 0.717) is 12.0 Å². The maximum Gasteiger partial charge on any atom is 0.426 e. The molecule has 2 aromatic carbocycles. The molecule has 0 unspecified atom stereocenters. The zero-order valence-electron chi connectivity index (χ0n) is 14.7. The van der Waals surface area contributed by atoms with Gasteiger partial charge in [-0.3, -0.25) is 4.39 Å². The van der Waals surface area contributed by atoms with Crippen molar-refractivity contribution in [3.63, 3.8) is 0 Å². The minimum absolute atomic E-state index is 0.0252. The molecule has 0 atom stereocenters. The van der Waals surface area contributed by atoms with E-state index in [4.69, 9.17) is 9.84 Å². The Hall–Kier alpha value is -2.76. The zero-order chi connectivity index (χ0) is 19.7. The van der Waals surface area contributed by atoms with Crippen LogP contribution in [0.1, 0.15) is 36.0 Å². The molecular formula is C21H21F3O3. The van der Waals surface area contributed by atoms with Crippen LogP contribution in [0, 0.1) is 0 Å². The van der Waals surface area contributed by atoms with Crippen LogP contribution in [-0.4, -0.2) is 17.8 Å². The first kappa shape index (κ1) is 20.6. The summed E-state index contributed by atoms with van der Waals surface area (Å²) in [5, 5.41) is 8.57. The highest BCUT2D eigenvalue weighted by Gasteiger charge is 2.34. The van der Waals surface area contributed by atoms with E-state index >= 15 is 0 Å². The molecule has 3 nitrogen and oxygen atoms in total. The Morgan fingerprint density at radius 2 is 1.67 bits per heavy atom. The molecule has 0 aliphatic heterocycles. The largest absolute Gasteiger partial charge is 0.478 e. The van der Waals surface area contributed by atoms with E-state index in [1.807, 2.05) is 0 Å². The highest BCUT2D eigenvalue weighted by molar-refractivity contribution is 5.85. The molecule has 144 valence electrons. The van der Waals surface area contributed by atoms with Crippen LogP contribution in [0.4, 0.5) is 13.2 Å². The Morgan fingerprint density at radius 3 is 2.26 bits per heavy atom. The van der Waals surface area contributed by atoms with Crippen LogP contribution >= 0.6 is 0 Å². The van der Waals surface area contributed by atoms with Gasteiger partial charge in [-0.05, 0) is 60.7 Å². The highest BCUT2D eigenvalue weighted by atomic mass is 19.3. The quantitative estimate of drug-likeness (QED) is 0.433. The summed E-state index contributed by atoms with van der Waals surface area (Å²) in [6.07, 6.45) is 1.66. The fraction of sp³-hybridized carbons (Fsp3) is 0.286. The number of carboxylic acids is 1. The van der Waals surface area contributed by atoms with Gasteiger partial charge in [0, 0.05) is 6.08 Å². The third-order valence-corrected chi connectivity index (χ3v) is 3.93. The Labute approximate surface area is 156 Å². The SMILES string of the molecule is O=C(O)C=Cc1ccc(OC(F)(F)c2ccc(CCCCCF)cc2)cc1. The van der Waals surface area contributed by atoms with Crippen molar-refractivity contribution >= 4 is 12.0 Å². The lowest BCUT2D eigenvalue weighted by atomic mass is 10.0. The Kier molecular flexibility index (Phi) is 7.46. The first-order valence-electron chi connectivity index (χ1n) is 8.64. The van der Waals surface area contributed by atoms with Crippen LogP contribution in [0.2, 0.25) is 0 Å². The van der Waals surface area contributed by atoms with Gasteiger partial charge in [0.15, 0.2) is 0 Å². The van der Waals surface area contributed by atoms with E-state index in [2.05, 4.69) is 0 Å². The summed E-state index contributed by atoms with van der Waals surface area (Å²) in [4.78, 5) is 10.5. The van der Waals surface area contributed by atoms with Crippen LogP contribution in [0.5, 0.6) is 5.75 Å². The molecule has 0 saturated heterocycles. The number of rotatable bonds is 10. The lowest BCUT2D eigenvalue weighted by Crippen LogP contribution is -2.21. The third-order valence-electron chi connectivity index (χ3n) is 3.93. The molecule has 0 aliphatic rings. The Balaban J connectivity index is 1.97. The number of ether oxygens (including phenoxy) is 1. The predicted molar refractivity (Wildman–Crippen MR) is 97.6 cm³/mol. The van der Waals surface area contributed by atoms with Crippen molar-refractivity contribution in [3.05, 3.63) is 71.3 Å². The number of benzene rings is 2. The topological polar surface area (TPSA) is 46.5 Å². The van der Waals surface area contributed by atoms with E-state index in [9.17, 15) is 18.0 Å². The fourth-order valence-corrected chi connectivity index (χ4v) is 2.49. The van der Waals surface area contributed by atoms with Crippen LogP contribution in [0.25, 0.3) is 6.08 Å². The number of halogens is 3. The predicted octanol–water partition coefficient (Wildman–Crippen LogP) is 5.60. The maximum atomic E-state index is 14.3. The molecule has 6 heteroatoms. The minimum atomic E-state index is -3.49. The molecule has 2 rings (SSSR count). The number of alkyl halides is 3. The Bertz CT molecular complexity index is 753. The van der Waals surface area contributed by atoms with Gasteiger partial charge in [0.25, 0.3) is 0 Å². The summed E-state index contributed by atoms with van der Waals surface area (Å²) in [6, 6.07) is 11.6. The monoisotopic (exact) mass is 378 g/mol. The summed E-state index contributed by atoms with van der Waals surface area (Å²) in [5.41, 5.74) is 1.22. The van der Waals surface area contributed by atoms with Crippen LogP contribution < -0.4 is 4.74 Å². The zero-order valence-corrected chi connectivity index (χ0v) is 14.7. The molecule has 1 N–H and O–H groups in total. The van der Waals surface area contributed by atoms with Gasteiger partial charge in [-0.15, -0.1) is 0 Å². The van der Waals surface area contributed by atoms with Gasteiger partial charge in [0.2, 0.25) is 0 Å². The van der Waals surface area contributed by atoms with Crippen molar-refractivity contribution in [1.82, 2.24) is 0 Å². The van der Waals surface area contributed by atoms with E-state index in [-0.39, 0.29) is 18.0 Å². The maximum absolute atomic E-state index is 14.3. The van der Waals surface area contributed by atoms with Crippen molar-refractivity contribution in [2.75, 3.05) is 6.67 Å². The van der Waals surface area contributed by atoms with Crippen molar-refractivity contribution in [3.8, 4) is 5.75 Å². The summed E-state index contributed by atoms with van der Waals surface area (Å²) >= 11 is 0. The molecule has 0 radical (unpaired) electrons. The smallest absolute Gasteiger partial charge is 0.426 e. The standard InChI is InChI=1S/C21H21F3O3/c22-15-3-1-2-4-16-5-10-18(11-6-16)21(23,24)27-19-12-7-17(8-13-19)9-14-20(25)26/h5-14H,1-4,15H2,(H,25,26). The van der Waals surface area contributed by atoms with Crippen LogP contribution in [0.3, 0.4) is 0 Å². The van der Waals surface area contributed by atoms with Gasteiger partial charge >= 0.3 is 12.1 Å². The second kappa shape index (κ2) is 9.80. The number of hydrogen-bond acceptors (Lipinski definition) is 2. The second-order valence-corrected chi connectivity index (χ2v) is 6.06. The number of aliphatic carboxylic acids is 1. The molecule has 0 aliphatic carbocycles.